The molecule has 1 amide bonds. The van der Waals surface area contributed by atoms with Gasteiger partial charge in [-0.3, -0.25) is 9.69 Å². The molecule has 0 radical (unpaired) electrons. The van der Waals surface area contributed by atoms with Crippen molar-refractivity contribution in [3.63, 3.8) is 0 Å². The molecule has 4 rings (SSSR count). The first-order valence-electron chi connectivity index (χ1n) is 11.9. The average Bonchev–Trinajstić information content (AvgIpc) is 2.85. The quantitative estimate of drug-likeness (QED) is 0.528. The standard InChI is InChI=1S/C26H32ClN5O/c1-3-20(4-2)31-15-17-32(18-16-31)25-12-11-22-23(30-25)9-10-24(29-22)26(33)28-14-13-19-7-5-6-8-21(19)27/h5-12,20H,3-4,13-18H2,1-2H3,(H,28,33). The summed E-state index contributed by atoms with van der Waals surface area (Å²) in [5, 5.41) is 3.65. The van der Waals surface area contributed by atoms with E-state index in [-0.39, 0.29) is 5.91 Å². The molecule has 0 aliphatic carbocycles. The van der Waals surface area contributed by atoms with E-state index >= 15 is 0 Å². The monoisotopic (exact) mass is 465 g/mol. The van der Waals surface area contributed by atoms with Crippen molar-refractivity contribution in [1.82, 2.24) is 20.2 Å². The van der Waals surface area contributed by atoms with Crippen molar-refractivity contribution in [3.05, 3.63) is 64.8 Å². The number of aromatic nitrogens is 2. The zero-order chi connectivity index (χ0) is 23.2. The van der Waals surface area contributed by atoms with E-state index in [0.29, 0.717) is 24.7 Å². The number of halogens is 1. The molecule has 33 heavy (non-hydrogen) atoms. The fraction of sp³-hybridized carbons (Fsp3) is 0.423. The Morgan fingerprint density at radius 2 is 1.67 bits per heavy atom. The van der Waals surface area contributed by atoms with Gasteiger partial charge < -0.3 is 10.2 Å². The van der Waals surface area contributed by atoms with Crippen LogP contribution in [0.5, 0.6) is 0 Å². The number of amides is 1. The van der Waals surface area contributed by atoms with Crippen LogP contribution in [0.15, 0.2) is 48.5 Å². The first-order valence-corrected chi connectivity index (χ1v) is 12.2. The van der Waals surface area contributed by atoms with Crippen molar-refractivity contribution >= 4 is 34.4 Å². The van der Waals surface area contributed by atoms with Crippen molar-refractivity contribution < 1.29 is 4.79 Å². The molecular formula is C26H32ClN5O. The van der Waals surface area contributed by atoms with E-state index in [0.717, 1.165) is 53.6 Å². The van der Waals surface area contributed by atoms with E-state index < -0.39 is 0 Å². The normalized spacial score (nSPS) is 14.7. The zero-order valence-corrected chi connectivity index (χ0v) is 20.2. The minimum Gasteiger partial charge on any atom is -0.354 e. The summed E-state index contributed by atoms with van der Waals surface area (Å²) in [6.45, 7) is 9.14. The van der Waals surface area contributed by atoms with Crippen molar-refractivity contribution in [2.45, 2.75) is 39.2 Å². The molecule has 0 bridgehead atoms. The maximum atomic E-state index is 12.6. The van der Waals surface area contributed by atoms with Crippen LogP contribution in [0.4, 0.5) is 5.82 Å². The molecule has 1 aliphatic heterocycles. The number of pyridine rings is 2. The minimum atomic E-state index is -0.189. The Labute approximate surface area is 201 Å². The third-order valence-electron chi connectivity index (χ3n) is 6.50. The van der Waals surface area contributed by atoms with Gasteiger partial charge in [0.15, 0.2) is 0 Å². The van der Waals surface area contributed by atoms with Gasteiger partial charge in [-0.25, -0.2) is 9.97 Å². The fourth-order valence-electron chi connectivity index (χ4n) is 4.53. The van der Waals surface area contributed by atoms with Crippen LogP contribution in [0.1, 0.15) is 42.7 Å². The molecule has 1 aromatic carbocycles. The smallest absolute Gasteiger partial charge is 0.269 e. The molecule has 6 nitrogen and oxygen atoms in total. The van der Waals surface area contributed by atoms with Gasteiger partial charge in [0.25, 0.3) is 5.91 Å². The first kappa shape index (κ1) is 23.5. The van der Waals surface area contributed by atoms with Gasteiger partial charge in [0, 0.05) is 43.8 Å². The van der Waals surface area contributed by atoms with E-state index in [4.69, 9.17) is 16.6 Å². The molecule has 3 heterocycles. The molecule has 1 saturated heterocycles. The van der Waals surface area contributed by atoms with Crippen molar-refractivity contribution in [2.75, 3.05) is 37.6 Å². The number of rotatable bonds is 8. The Bertz CT molecular complexity index is 1090. The molecule has 0 unspecified atom stereocenters. The summed E-state index contributed by atoms with van der Waals surface area (Å²) in [6.07, 6.45) is 3.08. The second kappa shape index (κ2) is 10.9. The van der Waals surface area contributed by atoms with Gasteiger partial charge in [0.2, 0.25) is 0 Å². The predicted molar refractivity (Wildman–Crippen MR) is 135 cm³/mol. The number of nitrogens with zero attached hydrogens (tertiary/aromatic N) is 4. The number of piperazine rings is 1. The van der Waals surface area contributed by atoms with Gasteiger partial charge in [-0.15, -0.1) is 0 Å². The predicted octanol–water partition coefficient (Wildman–Crippen LogP) is 4.57. The first-order chi connectivity index (χ1) is 16.1. The lowest BCUT2D eigenvalue weighted by Gasteiger charge is -2.39. The van der Waals surface area contributed by atoms with Crippen molar-refractivity contribution in [3.8, 4) is 0 Å². The van der Waals surface area contributed by atoms with Gasteiger partial charge >= 0.3 is 0 Å². The number of carbonyl (C=O) groups is 1. The van der Waals surface area contributed by atoms with Gasteiger partial charge in [0.1, 0.15) is 11.5 Å². The van der Waals surface area contributed by atoms with Gasteiger partial charge in [-0.2, -0.15) is 0 Å². The summed E-state index contributed by atoms with van der Waals surface area (Å²) >= 11 is 6.19. The Kier molecular flexibility index (Phi) is 7.78. The van der Waals surface area contributed by atoms with Crippen LogP contribution in [0.2, 0.25) is 5.02 Å². The second-order valence-corrected chi connectivity index (χ2v) is 8.90. The molecular weight excluding hydrogens is 434 g/mol. The van der Waals surface area contributed by atoms with E-state index in [1.165, 1.54) is 12.8 Å². The second-order valence-electron chi connectivity index (χ2n) is 8.49. The molecule has 2 aromatic heterocycles. The molecule has 0 spiro atoms. The lowest BCUT2D eigenvalue weighted by atomic mass is 10.1. The molecule has 174 valence electrons. The Balaban J connectivity index is 1.36. The lowest BCUT2D eigenvalue weighted by Crippen LogP contribution is -2.50. The van der Waals surface area contributed by atoms with Gasteiger partial charge in [-0.1, -0.05) is 43.6 Å². The highest BCUT2D eigenvalue weighted by molar-refractivity contribution is 6.31. The van der Waals surface area contributed by atoms with E-state index in [1.807, 2.05) is 42.5 Å². The summed E-state index contributed by atoms with van der Waals surface area (Å²) in [6, 6.07) is 16.0. The van der Waals surface area contributed by atoms with E-state index in [2.05, 4.69) is 33.9 Å². The number of carbonyl (C=O) groups excluding carboxylic acids is 1. The molecule has 1 aliphatic rings. The van der Waals surface area contributed by atoms with Gasteiger partial charge in [0.05, 0.1) is 11.0 Å². The number of fused-ring (bicyclic) bond motifs is 1. The van der Waals surface area contributed by atoms with Gasteiger partial charge in [-0.05, 0) is 55.2 Å². The molecule has 0 atom stereocenters. The van der Waals surface area contributed by atoms with Crippen LogP contribution in [-0.2, 0) is 6.42 Å². The lowest BCUT2D eigenvalue weighted by molar-refractivity contribution is 0.0949. The topological polar surface area (TPSA) is 61.4 Å². The summed E-state index contributed by atoms with van der Waals surface area (Å²) in [5.74, 6) is 0.788. The average molecular weight is 466 g/mol. The SMILES string of the molecule is CCC(CC)N1CCN(c2ccc3nc(C(=O)NCCc4ccccc4Cl)ccc3n2)CC1. The third kappa shape index (κ3) is 5.63. The number of hydrogen-bond donors (Lipinski definition) is 1. The van der Waals surface area contributed by atoms with E-state index in [1.54, 1.807) is 6.07 Å². The summed E-state index contributed by atoms with van der Waals surface area (Å²) in [4.78, 5) is 26.9. The maximum Gasteiger partial charge on any atom is 0.269 e. The van der Waals surface area contributed by atoms with Crippen LogP contribution in [0.3, 0.4) is 0 Å². The molecule has 1 fully saturated rings. The highest BCUT2D eigenvalue weighted by atomic mass is 35.5. The van der Waals surface area contributed by atoms with Crippen molar-refractivity contribution in [2.24, 2.45) is 0 Å². The van der Waals surface area contributed by atoms with Crippen LogP contribution < -0.4 is 10.2 Å². The largest absolute Gasteiger partial charge is 0.354 e. The van der Waals surface area contributed by atoms with Crippen LogP contribution in [-0.4, -0.2) is 59.5 Å². The minimum absolute atomic E-state index is 0.189. The van der Waals surface area contributed by atoms with Crippen LogP contribution in [0, 0.1) is 0 Å². The fourth-order valence-corrected chi connectivity index (χ4v) is 4.76. The Hall–Kier alpha value is -2.70. The zero-order valence-electron chi connectivity index (χ0n) is 19.4. The van der Waals surface area contributed by atoms with Crippen LogP contribution in [0.25, 0.3) is 11.0 Å². The third-order valence-corrected chi connectivity index (χ3v) is 6.86. The Morgan fingerprint density at radius 1 is 0.970 bits per heavy atom. The number of hydrogen-bond acceptors (Lipinski definition) is 5. The summed E-state index contributed by atoms with van der Waals surface area (Å²) < 4.78 is 0. The number of benzene rings is 1. The molecule has 7 heteroatoms. The molecule has 0 saturated carbocycles. The Morgan fingerprint density at radius 3 is 2.39 bits per heavy atom. The number of anilines is 1. The number of nitrogens with one attached hydrogen (secondary N) is 1. The molecule has 3 aromatic rings. The van der Waals surface area contributed by atoms with E-state index in [9.17, 15) is 4.79 Å². The van der Waals surface area contributed by atoms with Crippen molar-refractivity contribution in [1.29, 1.82) is 0 Å². The molecule has 1 N–H and O–H groups in total. The van der Waals surface area contributed by atoms with Crippen LogP contribution >= 0.6 is 11.6 Å². The summed E-state index contributed by atoms with van der Waals surface area (Å²) in [7, 11) is 0. The highest BCUT2D eigenvalue weighted by Crippen LogP contribution is 2.20. The maximum absolute atomic E-state index is 12.6. The summed E-state index contributed by atoms with van der Waals surface area (Å²) in [5.41, 5.74) is 2.95. The highest BCUT2D eigenvalue weighted by Gasteiger charge is 2.22.